The highest BCUT2D eigenvalue weighted by Crippen LogP contribution is 2.06. The van der Waals surface area contributed by atoms with Crippen LogP contribution in [0.3, 0.4) is 0 Å². The van der Waals surface area contributed by atoms with Gasteiger partial charge in [0.05, 0.1) is 12.4 Å². The van der Waals surface area contributed by atoms with Crippen molar-refractivity contribution < 1.29 is 17.9 Å². The Morgan fingerprint density at radius 3 is 2.50 bits per heavy atom. The van der Waals surface area contributed by atoms with Gasteiger partial charge < -0.3 is 10.5 Å². The van der Waals surface area contributed by atoms with Gasteiger partial charge in [0, 0.05) is 0 Å². The number of carbonyl (C=O) groups is 1. The molecule has 0 unspecified atom stereocenters. The lowest BCUT2D eigenvalue weighted by atomic mass is 10.1. The Hall–Kier alpha value is -1.44. The quantitative estimate of drug-likeness (QED) is 0.660. The molecular weight excluding hydrogens is 304 g/mol. The van der Waals surface area contributed by atoms with Gasteiger partial charge in [-0.1, -0.05) is 37.8 Å². The lowest BCUT2D eigenvalue weighted by Crippen LogP contribution is -2.44. The fourth-order valence-electron chi connectivity index (χ4n) is 1.81. The average Bonchev–Trinajstić information content (AvgIpc) is 2.46. The van der Waals surface area contributed by atoms with Crippen molar-refractivity contribution >= 4 is 16.0 Å². The van der Waals surface area contributed by atoms with E-state index in [2.05, 4.69) is 4.72 Å². The summed E-state index contributed by atoms with van der Waals surface area (Å²) in [6.07, 6.45) is 0.595. The number of nitrogens with two attached hydrogens (primary N) is 1. The summed E-state index contributed by atoms with van der Waals surface area (Å²) < 4.78 is 31.2. The van der Waals surface area contributed by atoms with E-state index in [1.165, 1.54) is 0 Å². The Labute approximate surface area is 133 Å². The van der Waals surface area contributed by atoms with Crippen molar-refractivity contribution in [2.24, 2.45) is 5.73 Å². The van der Waals surface area contributed by atoms with Crippen LogP contribution in [0.1, 0.15) is 26.3 Å². The molecule has 0 aromatic heterocycles. The van der Waals surface area contributed by atoms with Crippen molar-refractivity contribution in [3.05, 3.63) is 35.9 Å². The van der Waals surface area contributed by atoms with Crippen LogP contribution in [-0.2, 0) is 26.0 Å². The average molecular weight is 330 g/mol. The van der Waals surface area contributed by atoms with E-state index in [1.807, 2.05) is 30.3 Å². The fraction of sp³-hybridized carbons (Fsp3) is 0.533. The van der Waals surface area contributed by atoms with Crippen molar-refractivity contribution in [2.75, 3.05) is 18.9 Å². The number of ether oxygens (including phenoxy) is 1. The van der Waals surface area contributed by atoms with Gasteiger partial charge in [0.2, 0.25) is 10.0 Å². The number of nitrogens with one attached hydrogen (secondary N) is 1. The van der Waals surface area contributed by atoms with Crippen LogP contribution in [-0.4, -0.2) is 39.3 Å². The number of hydrogen-bond donors (Lipinski definition) is 2. The Morgan fingerprint density at radius 2 is 1.95 bits per heavy atom. The summed E-state index contributed by atoms with van der Waals surface area (Å²) in [7, 11) is -3.56. The second kappa shape index (κ2) is 10.3. The summed E-state index contributed by atoms with van der Waals surface area (Å²) in [5.41, 5.74) is 6.17. The lowest BCUT2D eigenvalue weighted by Gasteiger charge is -2.17. The molecule has 0 fully saturated rings. The number of sulfonamides is 1. The highest BCUT2D eigenvalue weighted by molar-refractivity contribution is 7.89. The van der Waals surface area contributed by atoms with Gasteiger partial charge >= 0.3 is 5.97 Å². The molecule has 3 N–H and O–H groups in total. The SMILES string of the molecule is C.CCOC(=O)[C@H](Cc1ccccc1)NS(=O)(=O)CCCN. The molecule has 126 valence electrons. The molecule has 7 heteroatoms. The molecule has 1 rings (SSSR count). The van der Waals surface area contributed by atoms with Crippen molar-refractivity contribution in [2.45, 2.75) is 33.2 Å². The molecule has 1 aromatic rings. The van der Waals surface area contributed by atoms with E-state index in [1.54, 1.807) is 6.92 Å². The van der Waals surface area contributed by atoms with E-state index < -0.39 is 22.0 Å². The Bertz CT molecular complexity index is 532. The molecule has 0 saturated heterocycles. The maximum absolute atomic E-state index is 11.9. The summed E-state index contributed by atoms with van der Waals surface area (Å²) in [4.78, 5) is 11.9. The molecule has 0 radical (unpaired) electrons. The fourth-order valence-corrected chi connectivity index (χ4v) is 3.09. The third kappa shape index (κ3) is 7.53. The minimum atomic E-state index is -3.56. The first kappa shape index (κ1) is 20.6. The normalized spacial score (nSPS) is 12.3. The van der Waals surface area contributed by atoms with Crippen molar-refractivity contribution in [1.29, 1.82) is 0 Å². The zero-order chi connectivity index (χ0) is 15.7. The number of hydrogen-bond acceptors (Lipinski definition) is 5. The van der Waals surface area contributed by atoms with Crippen LogP contribution < -0.4 is 10.5 Å². The predicted molar refractivity (Wildman–Crippen MR) is 87.9 cm³/mol. The second-order valence-corrected chi connectivity index (χ2v) is 6.45. The van der Waals surface area contributed by atoms with Gasteiger partial charge in [0.1, 0.15) is 6.04 Å². The maximum Gasteiger partial charge on any atom is 0.324 e. The zero-order valence-corrected chi connectivity index (χ0v) is 12.9. The molecular formula is C15H26N2O4S. The molecule has 1 aromatic carbocycles. The predicted octanol–water partition coefficient (Wildman–Crippen LogP) is 1.07. The topological polar surface area (TPSA) is 98.5 Å². The molecule has 0 aliphatic heterocycles. The minimum absolute atomic E-state index is 0. The van der Waals surface area contributed by atoms with E-state index in [0.717, 1.165) is 5.56 Å². The van der Waals surface area contributed by atoms with Crippen LogP contribution in [0.5, 0.6) is 0 Å². The highest BCUT2D eigenvalue weighted by atomic mass is 32.2. The summed E-state index contributed by atoms with van der Waals surface area (Å²) in [5.74, 6) is -0.675. The minimum Gasteiger partial charge on any atom is -0.465 e. The van der Waals surface area contributed by atoms with Gasteiger partial charge in [-0.25, -0.2) is 13.1 Å². The van der Waals surface area contributed by atoms with Gasteiger partial charge in [-0.15, -0.1) is 0 Å². The van der Waals surface area contributed by atoms with Gasteiger partial charge in [0.25, 0.3) is 0 Å². The molecule has 0 bridgehead atoms. The van der Waals surface area contributed by atoms with Gasteiger partial charge in [-0.2, -0.15) is 0 Å². The molecule has 0 spiro atoms. The molecule has 22 heavy (non-hydrogen) atoms. The first-order chi connectivity index (χ1) is 9.98. The van der Waals surface area contributed by atoms with Gasteiger partial charge in [-0.3, -0.25) is 4.79 Å². The van der Waals surface area contributed by atoms with E-state index in [4.69, 9.17) is 10.5 Å². The summed E-state index contributed by atoms with van der Waals surface area (Å²) >= 11 is 0. The van der Waals surface area contributed by atoms with Gasteiger partial charge in [-0.05, 0) is 31.9 Å². The standard InChI is InChI=1S/C14H22N2O4S.CH4/c1-2-20-14(17)13(11-12-7-4-3-5-8-12)16-21(18,19)10-6-9-15;/h3-5,7-8,13,16H,2,6,9-11,15H2,1H3;1H4/t13-;/m0./s1. The smallest absolute Gasteiger partial charge is 0.324 e. The van der Waals surface area contributed by atoms with Crippen LogP contribution in [0.2, 0.25) is 0 Å². The van der Waals surface area contributed by atoms with Crippen LogP contribution in [0, 0.1) is 0 Å². The summed E-state index contributed by atoms with van der Waals surface area (Å²) in [5, 5.41) is 0. The largest absolute Gasteiger partial charge is 0.465 e. The Kier molecular flexibility index (Phi) is 9.64. The Morgan fingerprint density at radius 1 is 1.32 bits per heavy atom. The third-order valence-electron chi connectivity index (χ3n) is 2.79. The third-order valence-corrected chi connectivity index (χ3v) is 4.26. The van der Waals surface area contributed by atoms with E-state index in [9.17, 15) is 13.2 Å². The van der Waals surface area contributed by atoms with Crippen LogP contribution in [0.25, 0.3) is 0 Å². The Balaban J connectivity index is 0.00000441. The first-order valence-corrected chi connectivity index (χ1v) is 8.54. The highest BCUT2D eigenvalue weighted by Gasteiger charge is 2.25. The molecule has 0 saturated carbocycles. The number of benzene rings is 1. The van der Waals surface area contributed by atoms with Crippen LogP contribution in [0.15, 0.2) is 30.3 Å². The summed E-state index contributed by atoms with van der Waals surface area (Å²) in [6.45, 7) is 2.17. The van der Waals surface area contributed by atoms with Crippen LogP contribution >= 0.6 is 0 Å². The van der Waals surface area contributed by atoms with Crippen molar-refractivity contribution in [3.8, 4) is 0 Å². The van der Waals surface area contributed by atoms with Crippen molar-refractivity contribution in [3.63, 3.8) is 0 Å². The van der Waals surface area contributed by atoms with E-state index in [0.29, 0.717) is 6.42 Å². The lowest BCUT2D eigenvalue weighted by molar-refractivity contribution is -0.145. The van der Waals surface area contributed by atoms with E-state index >= 15 is 0 Å². The first-order valence-electron chi connectivity index (χ1n) is 6.89. The zero-order valence-electron chi connectivity index (χ0n) is 12.1. The molecule has 0 aliphatic carbocycles. The maximum atomic E-state index is 11.9. The molecule has 1 atom stereocenters. The number of rotatable bonds is 9. The molecule has 6 nitrogen and oxygen atoms in total. The van der Waals surface area contributed by atoms with Gasteiger partial charge in [0.15, 0.2) is 0 Å². The molecule has 0 amide bonds. The van der Waals surface area contributed by atoms with E-state index in [-0.39, 0.29) is 32.8 Å². The van der Waals surface area contributed by atoms with Crippen LogP contribution in [0.4, 0.5) is 0 Å². The molecule has 0 heterocycles. The second-order valence-electron chi connectivity index (χ2n) is 4.57. The monoisotopic (exact) mass is 330 g/mol. The summed E-state index contributed by atoms with van der Waals surface area (Å²) in [6, 6.07) is 8.27. The van der Waals surface area contributed by atoms with Crippen molar-refractivity contribution in [1.82, 2.24) is 4.72 Å². The molecule has 0 aliphatic rings. The number of esters is 1. The number of carbonyl (C=O) groups excluding carboxylic acids is 1.